The maximum atomic E-state index is 11.7. The van der Waals surface area contributed by atoms with E-state index in [1.165, 1.54) is 17.8 Å². The van der Waals surface area contributed by atoms with Crippen LogP contribution in [0, 0.1) is 21.4 Å². The van der Waals surface area contributed by atoms with Gasteiger partial charge in [0, 0.05) is 22.3 Å². The fraction of sp³-hybridized carbons (Fsp3) is 0.214. The predicted octanol–water partition coefficient (Wildman–Crippen LogP) is 2.44. The number of nitro groups is 1. The molecule has 0 radical (unpaired) electrons. The minimum atomic E-state index is -0.996. The summed E-state index contributed by atoms with van der Waals surface area (Å²) < 4.78 is 0.648. The molecule has 1 fully saturated rings. The molecule has 9 heteroatoms. The molecule has 0 amide bonds. The quantitative estimate of drug-likeness (QED) is 0.584. The summed E-state index contributed by atoms with van der Waals surface area (Å²) in [6, 6.07) is 6.61. The zero-order chi connectivity index (χ0) is 16.7. The van der Waals surface area contributed by atoms with Gasteiger partial charge in [-0.1, -0.05) is 27.7 Å². The van der Waals surface area contributed by atoms with Crippen LogP contribution in [0.25, 0.3) is 0 Å². The molecule has 1 aromatic rings. The Hall–Kier alpha value is -2.18. The number of nitriles is 1. The molecule has 0 bridgehead atoms. The van der Waals surface area contributed by atoms with E-state index in [0.717, 1.165) is 0 Å². The van der Waals surface area contributed by atoms with Crippen molar-refractivity contribution in [3.8, 4) is 11.8 Å². The van der Waals surface area contributed by atoms with E-state index < -0.39 is 10.8 Å². The van der Waals surface area contributed by atoms with Crippen molar-refractivity contribution in [2.24, 2.45) is 5.73 Å². The molecule has 1 unspecified atom stereocenters. The number of rotatable bonds is 2. The lowest BCUT2D eigenvalue weighted by Gasteiger charge is -2.29. The smallest absolute Gasteiger partial charge is 0.289 e. The zero-order valence-corrected chi connectivity index (χ0v) is 14.1. The summed E-state index contributed by atoms with van der Waals surface area (Å²) in [6.45, 7) is 0.519. The van der Waals surface area contributed by atoms with Crippen molar-refractivity contribution in [2.75, 3.05) is 12.3 Å². The van der Waals surface area contributed by atoms with Crippen molar-refractivity contribution in [1.82, 2.24) is 4.90 Å². The van der Waals surface area contributed by atoms with E-state index in [1.54, 1.807) is 17.0 Å². The van der Waals surface area contributed by atoms with Gasteiger partial charge in [0.05, 0.1) is 16.6 Å². The average Bonchev–Trinajstić information content (AvgIpc) is 2.98. The van der Waals surface area contributed by atoms with Gasteiger partial charge in [0.1, 0.15) is 17.5 Å². The van der Waals surface area contributed by atoms with E-state index >= 15 is 0 Å². The van der Waals surface area contributed by atoms with E-state index in [2.05, 4.69) is 15.9 Å². The number of nitrogens with two attached hydrogens (primary N) is 1. The summed E-state index contributed by atoms with van der Waals surface area (Å²) in [4.78, 5) is 12.8. The lowest BCUT2D eigenvalue weighted by molar-refractivity contribution is -0.430. The van der Waals surface area contributed by atoms with E-state index in [0.29, 0.717) is 21.8 Å². The Kier molecular flexibility index (Phi) is 3.95. The van der Waals surface area contributed by atoms with Crippen LogP contribution in [-0.2, 0) is 0 Å². The molecule has 0 saturated carbocycles. The van der Waals surface area contributed by atoms with E-state index in [9.17, 15) is 20.5 Å². The van der Waals surface area contributed by atoms with Gasteiger partial charge >= 0.3 is 0 Å². The summed E-state index contributed by atoms with van der Waals surface area (Å²) >= 11 is 4.62. The molecule has 118 valence electrons. The molecule has 3 rings (SSSR count). The van der Waals surface area contributed by atoms with Gasteiger partial charge in [0.2, 0.25) is 0 Å². The van der Waals surface area contributed by atoms with Crippen LogP contribution in [0.3, 0.4) is 0 Å². The first kappa shape index (κ1) is 15.7. The van der Waals surface area contributed by atoms with Crippen LogP contribution in [0.15, 0.2) is 44.8 Å². The number of thioether (sulfide) groups is 1. The Morgan fingerprint density at radius 2 is 2.30 bits per heavy atom. The number of halogens is 1. The average molecular weight is 395 g/mol. The van der Waals surface area contributed by atoms with Crippen LogP contribution in [0.1, 0.15) is 11.5 Å². The normalized spacial score (nSPS) is 20.5. The number of phenols is 1. The number of benzene rings is 1. The highest BCUT2D eigenvalue weighted by Gasteiger charge is 2.45. The second kappa shape index (κ2) is 5.79. The zero-order valence-electron chi connectivity index (χ0n) is 11.7. The van der Waals surface area contributed by atoms with Crippen molar-refractivity contribution in [3.05, 3.63) is 60.5 Å². The fourth-order valence-electron chi connectivity index (χ4n) is 2.77. The number of allylic oxidation sites excluding steroid dienone is 1. The molecular weight excluding hydrogens is 384 g/mol. The Morgan fingerprint density at radius 1 is 1.57 bits per heavy atom. The molecule has 2 heterocycles. The molecule has 2 aliphatic heterocycles. The Labute approximate surface area is 144 Å². The molecule has 1 saturated heterocycles. The fourth-order valence-corrected chi connectivity index (χ4v) is 4.31. The SMILES string of the molecule is N#CC1=C(N)N2CCSC2=C([N+](=O)[O-])C1c1cc(Br)ccc1O. The lowest BCUT2D eigenvalue weighted by Crippen LogP contribution is -2.33. The van der Waals surface area contributed by atoms with Crippen molar-refractivity contribution in [3.63, 3.8) is 0 Å². The maximum Gasteiger partial charge on any atom is 0.289 e. The Morgan fingerprint density at radius 3 is 2.96 bits per heavy atom. The first-order valence-electron chi connectivity index (χ1n) is 6.62. The lowest BCUT2D eigenvalue weighted by atomic mass is 9.86. The number of fused-ring (bicyclic) bond motifs is 1. The minimum Gasteiger partial charge on any atom is -0.508 e. The van der Waals surface area contributed by atoms with E-state index in [-0.39, 0.29) is 28.4 Å². The van der Waals surface area contributed by atoms with Crippen molar-refractivity contribution >= 4 is 27.7 Å². The summed E-state index contributed by atoms with van der Waals surface area (Å²) in [5, 5.41) is 31.8. The third-order valence-electron chi connectivity index (χ3n) is 3.76. The summed E-state index contributed by atoms with van der Waals surface area (Å²) in [5.74, 6) is -0.245. The van der Waals surface area contributed by atoms with E-state index in [1.807, 2.05) is 6.07 Å². The van der Waals surface area contributed by atoms with Gasteiger partial charge in [-0.3, -0.25) is 10.1 Å². The monoisotopic (exact) mass is 394 g/mol. The van der Waals surface area contributed by atoms with Crippen LogP contribution in [0.5, 0.6) is 5.75 Å². The van der Waals surface area contributed by atoms with Crippen LogP contribution in [0.2, 0.25) is 0 Å². The number of aromatic hydroxyl groups is 1. The first-order chi connectivity index (χ1) is 11.0. The molecule has 23 heavy (non-hydrogen) atoms. The van der Waals surface area contributed by atoms with Gasteiger partial charge < -0.3 is 15.7 Å². The summed E-state index contributed by atoms with van der Waals surface area (Å²) in [5.41, 5.74) is 6.32. The molecule has 1 atom stereocenters. The first-order valence-corrected chi connectivity index (χ1v) is 8.40. The van der Waals surface area contributed by atoms with Crippen LogP contribution >= 0.6 is 27.7 Å². The summed E-state index contributed by atoms with van der Waals surface area (Å²) in [7, 11) is 0. The third kappa shape index (κ3) is 2.44. The molecule has 7 nitrogen and oxygen atoms in total. The van der Waals surface area contributed by atoms with Crippen molar-refractivity contribution in [1.29, 1.82) is 5.26 Å². The minimum absolute atomic E-state index is 0.0800. The van der Waals surface area contributed by atoms with Crippen molar-refractivity contribution < 1.29 is 10.0 Å². The molecule has 2 aliphatic rings. The molecule has 0 aliphatic carbocycles. The number of hydrogen-bond donors (Lipinski definition) is 2. The van der Waals surface area contributed by atoms with Crippen LogP contribution in [0.4, 0.5) is 0 Å². The van der Waals surface area contributed by atoms with Gasteiger partial charge in [-0.15, -0.1) is 0 Å². The highest BCUT2D eigenvalue weighted by atomic mass is 79.9. The summed E-state index contributed by atoms with van der Waals surface area (Å²) in [6.07, 6.45) is 0. The maximum absolute atomic E-state index is 11.7. The second-order valence-corrected chi connectivity index (χ2v) is 6.99. The van der Waals surface area contributed by atoms with Crippen LogP contribution < -0.4 is 5.73 Å². The van der Waals surface area contributed by atoms with Gasteiger partial charge in [0.25, 0.3) is 5.70 Å². The molecule has 0 spiro atoms. The highest BCUT2D eigenvalue weighted by Crippen LogP contribution is 2.48. The van der Waals surface area contributed by atoms with Gasteiger partial charge in [0.15, 0.2) is 5.03 Å². The topological polar surface area (TPSA) is 116 Å². The van der Waals surface area contributed by atoms with Gasteiger partial charge in [-0.2, -0.15) is 5.26 Å². The van der Waals surface area contributed by atoms with Crippen molar-refractivity contribution in [2.45, 2.75) is 5.92 Å². The van der Waals surface area contributed by atoms with Gasteiger partial charge in [-0.25, -0.2) is 0 Å². The largest absolute Gasteiger partial charge is 0.508 e. The number of nitrogens with zero attached hydrogens (tertiary/aromatic N) is 3. The van der Waals surface area contributed by atoms with Crippen LogP contribution in [-0.4, -0.2) is 27.2 Å². The third-order valence-corrected chi connectivity index (χ3v) is 5.35. The van der Waals surface area contributed by atoms with E-state index in [4.69, 9.17) is 5.73 Å². The molecule has 1 aromatic carbocycles. The van der Waals surface area contributed by atoms with Gasteiger partial charge in [-0.05, 0) is 18.2 Å². The standard InChI is InChI=1S/C14H11BrN4O3S/c15-7-1-2-10(20)8(5-7)11-9(6-16)13(17)18-3-4-23-14(18)12(11)19(21)22/h1-2,5,11,20H,3-4,17H2. The molecule has 0 aromatic heterocycles. The highest BCUT2D eigenvalue weighted by molar-refractivity contribution is 9.10. The predicted molar refractivity (Wildman–Crippen MR) is 88.6 cm³/mol. The number of phenolic OH excluding ortho intramolecular Hbond substituents is 1. The Balaban J connectivity index is 2.30. The Bertz CT molecular complexity index is 815. The number of hydrogen-bond acceptors (Lipinski definition) is 7. The second-order valence-electron chi connectivity index (χ2n) is 4.99. The molecular formula is C14H11BrN4O3S. The molecule has 3 N–H and O–H groups in total.